The van der Waals surface area contributed by atoms with Gasteiger partial charge in [0.25, 0.3) is 0 Å². The number of nitrogens with zero attached hydrogens (tertiary/aromatic N) is 2. The Kier molecular flexibility index (Phi) is 3.91. The third-order valence-corrected chi connectivity index (χ3v) is 11.0. The van der Waals surface area contributed by atoms with Crippen molar-refractivity contribution in [3.8, 4) is 43.6 Å². The van der Waals surface area contributed by atoms with E-state index in [0.717, 1.165) is 11.5 Å². The van der Waals surface area contributed by atoms with Gasteiger partial charge in [0.2, 0.25) is 11.2 Å². The van der Waals surface area contributed by atoms with Crippen molar-refractivity contribution >= 4 is 43.8 Å². The lowest BCUT2D eigenvalue weighted by molar-refractivity contribution is -0.950. The van der Waals surface area contributed by atoms with Crippen LogP contribution in [-0.4, -0.2) is 0 Å². The predicted molar refractivity (Wildman–Crippen MR) is 172 cm³/mol. The summed E-state index contributed by atoms with van der Waals surface area (Å²) in [6, 6.07) is 43.9. The van der Waals surface area contributed by atoms with Gasteiger partial charge in [0.15, 0.2) is 23.5 Å². The molecule has 0 bridgehead atoms. The molecule has 3 aromatic heterocycles. The number of ether oxygens (including phenoxy) is 1. The monoisotopic (exact) mass is 566 g/mol. The smallest absolute Gasteiger partial charge is 0.425 e. The fourth-order valence-corrected chi connectivity index (χ4v) is 9.55. The zero-order valence-corrected chi connectivity index (χ0v) is 23.7. The van der Waals surface area contributed by atoms with Crippen molar-refractivity contribution in [3.05, 3.63) is 145 Å². The first-order valence-corrected chi connectivity index (χ1v) is 15.5. The molecule has 0 amide bonds. The van der Waals surface area contributed by atoms with Gasteiger partial charge in [0.1, 0.15) is 11.5 Å². The van der Waals surface area contributed by atoms with E-state index < -0.39 is 5.66 Å². The molecule has 1 spiro atoms. The van der Waals surface area contributed by atoms with Gasteiger partial charge >= 0.3 is 5.66 Å². The van der Waals surface area contributed by atoms with Gasteiger partial charge < -0.3 is 4.74 Å². The minimum absolute atomic E-state index is 0.556. The van der Waals surface area contributed by atoms with Crippen LogP contribution >= 0.6 is 11.3 Å². The van der Waals surface area contributed by atoms with Crippen LogP contribution < -0.4 is 13.9 Å². The number of hydrogen-bond acceptors (Lipinski definition) is 2. The molecule has 0 radical (unpaired) electrons. The van der Waals surface area contributed by atoms with Crippen LogP contribution in [0, 0.1) is 0 Å². The van der Waals surface area contributed by atoms with Crippen molar-refractivity contribution in [1.82, 2.24) is 0 Å². The van der Waals surface area contributed by atoms with E-state index in [1.165, 1.54) is 75.7 Å². The minimum Gasteiger partial charge on any atom is -0.456 e. The van der Waals surface area contributed by atoms with Gasteiger partial charge in [-0.15, -0.1) is 20.5 Å². The van der Waals surface area contributed by atoms with Crippen LogP contribution in [0.25, 0.3) is 64.6 Å². The second kappa shape index (κ2) is 7.54. The summed E-state index contributed by atoms with van der Waals surface area (Å²) < 4.78 is 11.8. The molecule has 1 unspecified atom stereocenters. The molecule has 198 valence electrons. The lowest BCUT2D eigenvalue weighted by Gasteiger charge is -2.25. The number of aromatic nitrogens is 2. The number of pyridine rings is 2. The first-order chi connectivity index (χ1) is 21.4. The largest absolute Gasteiger partial charge is 0.456 e. The highest BCUT2D eigenvalue weighted by Gasteiger charge is 2.70. The maximum atomic E-state index is 6.79. The summed E-state index contributed by atoms with van der Waals surface area (Å²) in [6.45, 7) is 0. The summed E-state index contributed by atoms with van der Waals surface area (Å²) in [5.41, 5.74) is 8.12. The van der Waals surface area contributed by atoms with Gasteiger partial charge in [0.05, 0.1) is 16.3 Å². The molecule has 8 aromatic rings. The summed E-state index contributed by atoms with van der Waals surface area (Å²) >= 11 is 1.91. The van der Waals surface area contributed by atoms with Crippen LogP contribution in [-0.2, 0) is 5.66 Å². The van der Waals surface area contributed by atoms with E-state index in [2.05, 4.69) is 143 Å². The zero-order chi connectivity index (χ0) is 27.9. The van der Waals surface area contributed by atoms with Crippen molar-refractivity contribution in [1.29, 1.82) is 0 Å². The SMILES string of the molecule is c1ccc(-c2sc(-c3ccccc3)c3c4ccc[n+]5c4c4c6c(ccc4c23)Oc2cccc3c2C65[n+]2ccccc2-3)cc1. The van der Waals surface area contributed by atoms with E-state index in [0.29, 0.717) is 0 Å². The molecule has 1 atom stereocenters. The van der Waals surface area contributed by atoms with Crippen molar-refractivity contribution in [2.24, 2.45) is 0 Å². The highest BCUT2D eigenvalue weighted by Crippen LogP contribution is 2.59. The van der Waals surface area contributed by atoms with E-state index in [4.69, 9.17) is 4.74 Å². The van der Waals surface area contributed by atoms with E-state index in [-0.39, 0.29) is 0 Å². The highest BCUT2D eigenvalue weighted by molar-refractivity contribution is 7.21. The summed E-state index contributed by atoms with van der Waals surface area (Å²) in [6.07, 6.45) is 4.53. The molecule has 4 heteroatoms. The van der Waals surface area contributed by atoms with E-state index in [1.807, 2.05) is 11.3 Å². The lowest BCUT2D eigenvalue weighted by Crippen LogP contribution is -2.71. The van der Waals surface area contributed by atoms with Crippen molar-refractivity contribution < 1.29 is 13.9 Å². The highest BCUT2D eigenvalue weighted by atomic mass is 32.1. The van der Waals surface area contributed by atoms with Crippen LogP contribution in [0.2, 0.25) is 0 Å². The summed E-state index contributed by atoms with van der Waals surface area (Å²) in [4.78, 5) is 2.62. The molecule has 3 nitrogen and oxygen atoms in total. The average Bonchev–Trinajstić information content (AvgIpc) is 3.72. The van der Waals surface area contributed by atoms with Crippen molar-refractivity contribution in [2.45, 2.75) is 5.66 Å². The Balaban J connectivity index is 1.42. The normalized spacial score (nSPS) is 16.7. The molecule has 0 saturated carbocycles. The fraction of sp³-hybridized carbons (Fsp3) is 0.0256. The second-order valence-electron chi connectivity index (χ2n) is 11.7. The average molecular weight is 567 g/mol. The molecule has 11 rings (SSSR count). The number of thiophene rings is 1. The molecule has 0 N–H and O–H groups in total. The molecule has 3 aliphatic rings. The maximum Gasteiger partial charge on any atom is 0.425 e. The lowest BCUT2D eigenvalue weighted by atomic mass is 9.85. The number of fused-ring (bicyclic) bond motifs is 5. The number of rotatable bonds is 2. The molecular formula is C39H22N2OS+2. The molecule has 0 saturated heterocycles. The van der Waals surface area contributed by atoms with Gasteiger partial charge in [0, 0.05) is 38.7 Å². The van der Waals surface area contributed by atoms with E-state index >= 15 is 0 Å². The van der Waals surface area contributed by atoms with Crippen LogP contribution in [0.15, 0.2) is 134 Å². The van der Waals surface area contributed by atoms with Gasteiger partial charge in [-0.05, 0) is 52.9 Å². The predicted octanol–water partition coefficient (Wildman–Crippen LogP) is 8.81. The van der Waals surface area contributed by atoms with E-state index in [1.54, 1.807) is 0 Å². The summed E-state index contributed by atoms with van der Waals surface area (Å²) in [5, 5.41) is 6.51. The Bertz CT molecular complexity index is 2530. The first kappa shape index (κ1) is 22.3. The van der Waals surface area contributed by atoms with Gasteiger partial charge in [-0.2, -0.15) is 0 Å². The van der Waals surface area contributed by atoms with Gasteiger partial charge in [-0.1, -0.05) is 66.7 Å². The Morgan fingerprint density at radius 2 is 1.21 bits per heavy atom. The topological polar surface area (TPSA) is 17.0 Å². The third kappa shape index (κ3) is 2.43. The number of hydrogen-bond donors (Lipinski definition) is 0. The Morgan fingerprint density at radius 3 is 2.00 bits per heavy atom. The van der Waals surface area contributed by atoms with Crippen molar-refractivity contribution in [3.63, 3.8) is 0 Å². The van der Waals surface area contributed by atoms with Gasteiger partial charge in [-0.25, -0.2) is 0 Å². The molecular weight excluding hydrogens is 545 g/mol. The van der Waals surface area contributed by atoms with Crippen LogP contribution in [0.3, 0.4) is 0 Å². The molecule has 3 aliphatic heterocycles. The van der Waals surface area contributed by atoms with Crippen LogP contribution in [0.4, 0.5) is 0 Å². The minimum atomic E-state index is -0.556. The quantitative estimate of drug-likeness (QED) is 0.151. The molecule has 5 aromatic carbocycles. The second-order valence-corrected chi connectivity index (χ2v) is 12.7. The summed E-state index contributed by atoms with van der Waals surface area (Å²) in [7, 11) is 0. The number of benzene rings is 5. The summed E-state index contributed by atoms with van der Waals surface area (Å²) in [5.74, 6) is 1.87. The van der Waals surface area contributed by atoms with E-state index in [9.17, 15) is 0 Å². The maximum absolute atomic E-state index is 6.79. The van der Waals surface area contributed by atoms with Crippen molar-refractivity contribution in [2.75, 3.05) is 0 Å². The molecule has 0 fully saturated rings. The molecule has 0 aliphatic carbocycles. The third-order valence-electron chi connectivity index (χ3n) is 9.69. The fourth-order valence-electron chi connectivity index (χ4n) is 8.21. The standard InChI is InChI=1S/C39H22N2OS/c1-3-11-23(12-4-1)37-31-26-19-20-30-35-33(26)36-27(32(31)38(43-37)24-13-5-2-6-14-24)16-10-22-41(36)39(35)34-25(15-9-18-29(34)42-30)28-17-7-8-21-40(28)39/h1-22H/q+2. The Labute approximate surface area is 251 Å². The van der Waals surface area contributed by atoms with Crippen LogP contribution in [0.5, 0.6) is 11.5 Å². The molecule has 43 heavy (non-hydrogen) atoms. The Hall–Kier alpha value is -5.32. The van der Waals surface area contributed by atoms with Crippen LogP contribution in [0.1, 0.15) is 11.1 Å². The zero-order valence-electron chi connectivity index (χ0n) is 22.9. The Morgan fingerprint density at radius 1 is 0.512 bits per heavy atom. The van der Waals surface area contributed by atoms with Gasteiger partial charge in [-0.3, -0.25) is 0 Å². The first-order valence-electron chi connectivity index (χ1n) is 14.7. The molecule has 6 heterocycles.